The van der Waals surface area contributed by atoms with Crippen LogP contribution in [0.15, 0.2) is 36.7 Å². The van der Waals surface area contributed by atoms with E-state index in [9.17, 15) is 8.78 Å². The molecular formula is C26H30F2N6O. The first-order chi connectivity index (χ1) is 17.0. The van der Waals surface area contributed by atoms with Gasteiger partial charge in [0.15, 0.2) is 17.4 Å². The zero-order chi connectivity index (χ0) is 24.4. The lowest BCUT2D eigenvalue weighted by atomic mass is 10.1. The van der Waals surface area contributed by atoms with Crippen molar-refractivity contribution in [3.8, 4) is 17.0 Å². The number of nitrogens with one attached hydrogen (secondary N) is 1. The summed E-state index contributed by atoms with van der Waals surface area (Å²) in [5.74, 6) is -0.494. The summed E-state index contributed by atoms with van der Waals surface area (Å²) in [5.41, 5.74) is 2.91. The van der Waals surface area contributed by atoms with E-state index in [1.54, 1.807) is 6.07 Å². The Labute approximate surface area is 204 Å². The molecule has 9 heteroatoms. The van der Waals surface area contributed by atoms with Crippen LogP contribution < -0.4 is 19.9 Å². The van der Waals surface area contributed by atoms with Crippen LogP contribution in [0.2, 0.25) is 0 Å². The van der Waals surface area contributed by atoms with Crippen molar-refractivity contribution in [1.82, 2.24) is 20.3 Å². The van der Waals surface area contributed by atoms with Gasteiger partial charge in [0, 0.05) is 36.9 Å². The molecule has 0 unspecified atom stereocenters. The number of fused-ring (bicyclic) bond motifs is 1. The quantitative estimate of drug-likeness (QED) is 0.596. The molecule has 0 atom stereocenters. The molecule has 1 N–H and O–H groups in total. The molecule has 5 rings (SSSR count). The molecule has 7 nitrogen and oxygen atoms in total. The summed E-state index contributed by atoms with van der Waals surface area (Å²) in [5, 5.41) is 3.40. The van der Waals surface area contributed by atoms with E-state index in [1.807, 2.05) is 26.1 Å². The standard InChI is InChI=1S/C26H30F2N6O/c1-17(2)34-10-11-35-26-21(27)12-18(13-23(26)34)25-22(28)16-31-24(32-25)14-19-4-5-20(15-30-19)33-8-3-6-29-7-9-33/h4-5,12-13,15-17,29H,3,6-11,14H2,1-2H3. The molecule has 0 radical (unpaired) electrons. The second kappa shape index (κ2) is 10.1. The van der Waals surface area contributed by atoms with Crippen molar-refractivity contribution in [2.24, 2.45) is 0 Å². The van der Waals surface area contributed by atoms with Gasteiger partial charge in [0.05, 0.1) is 36.7 Å². The van der Waals surface area contributed by atoms with Crippen LogP contribution in [0.3, 0.4) is 0 Å². The molecule has 0 saturated carbocycles. The Morgan fingerprint density at radius 1 is 1.03 bits per heavy atom. The van der Waals surface area contributed by atoms with Crippen molar-refractivity contribution in [3.05, 3.63) is 59.8 Å². The van der Waals surface area contributed by atoms with E-state index in [0.717, 1.165) is 50.2 Å². The maximum atomic E-state index is 14.9. The highest BCUT2D eigenvalue weighted by molar-refractivity contribution is 5.72. The summed E-state index contributed by atoms with van der Waals surface area (Å²) in [6, 6.07) is 7.18. The summed E-state index contributed by atoms with van der Waals surface area (Å²) in [4.78, 5) is 17.6. The molecule has 184 valence electrons. The number of benzene rings is 1. The van der Waals surface area contributed by atoms with Gasteiger partial charge in [0.2, 0.25) is 0 Å². The molecule has 1 aromatic carbocycles. The number of rotatable bonds is 5. The Morgan fingerprint density at radius 2 is 1.91 bits per heavy atom. The number of ether oxygens (including phenoxy) is 1. The smallest absolute Gasteiger partial charge is 0.178 e. The summed E-state index contributed by atoms with van der Waals surface area (Å²) in [7, 11) is 0. The van der Waals surface area contributed by atoms with Crippen LogP contribution in [-0.2, 0) is 6.42 Å². The Balaban J connectivity index is 1.40. The van der Waals surface area contributed by atoms with Crippen molar-refractivity contribution in [2.45, 2.75) is 32.7 Å². The minimum atomic E-state index is -0.598. The van der Waals surface area contributed by atoms with E-state index in [-0.39, 0.29) is 17.5 Å². The molecule has 0 aliphatic carbocycles. The summed E-state index contributed by atoms with van der Waals surface area (Å²) in [6.07, 6.45) is 4.46. The molecule has 2 aliphatic rings. The Morgan fingerprint density at radius 3 is 2.71 bits per heavy atom. The topological polar surface area (TPSA) is 66.4 Å². The van der Waals surface area contributed by atoms with Gasteiger partial charge in [-0.25, -0.2) is 18.7 Å². The van der Waals surface area contributed by atoms with Crippen LogP contribution >= 0.6 is 0 Å². The van der Waals surface area contributed by atoms with Crippen molar-refractivity contribution in [2.75, 3.05) is 49.1 Å². The molecule has 1 saturated heterocycles. The van der Waals surface area contributed by atoms with Crippen LogP contribution in [0.25, 0.3) is 11.3 Å². The highest BCUT2D eigenvalue weighted by Crippen LogP contribution is 2.39. The number of aromatic nitrogens is 3. The summed E-state index contributed by atoms with van der Waals surface area (Å²) >= 11 is 0. The van der Waals surface area contributed by atoms with Gasteiger partial charge in [0.25, 0.3) is 0 Å². The van der Waals surface area contributed by atoms with Crippen LogP contribution in [0.5, 0.6) is 5.75 Å². The lowest BCUT2D eigenvalue weighted by Gasteiger charge is -2.34. The van der Waals surface area contributed by atoms with Gasteiger partial charge < -0.3 is 19.9 Å². The van der Waals surface area contributed by atoms with Crippen molar-refractivity contribution >= 4 is 11.4 Å². The van der Waals surface area contributed by atoms with Crippen LogP contribution in [0, 0.1) is 11.6 Å². The molecule has 3 aromatic rings. The minimum Gasteiger partial charge on any atom is -0.486 e. The highest BCUT2D eigenvalue weighted by Gasteiger charge is 2.25. The second-order valence-electron chi connectivity index (χ2n) is 9.20. The first kappa shape index (κ1) is 23.4. The molecule has 2 aromatic heterocycles. The number of pyridine rings is 1. The molecule has 1 fully saturated rings. The third-order valence-corrected chi connectivity index (χ3v) is 6.46. The maximum absolute atomic E-state index is 14.9. The third-order valence-electron chi connectivity index (χ3n) is 6.46. The lowest BCUT2D eigenvalue weighted by Crippen LogP contribution is -2.38. The summed E-state index contributed by atoms with van der Waals surface area (Å²) < 4.78 is 35.3. The molecule has 0 spiro atoms. The first-order valence-corrected chi connectivity index (χ1v) is 12.1. The van der Waals surface area contributed by atoms with E-state index in [2.05, 4.69) is 36.1 Å². The Hall–Kier alpha value is -3.33. The zero-order valence-corrected chi connectivity index (χ0v) is 20.1. The normalized spacial score (nSPS) is 16.1. The predicted octanol–water partition coefficient (Wildman–Crippen LogP) is 3.81. The molecule has 0 amide bonds. The average molecular weight is 481 g/mol. The van der Waals surface area contributed by atoms with Crippen LogP contribution in [0.4, 0.5) is 20.2 Å². The number of halogens is 2. The fourth-order valence-electron chi connectivity index (χ4n) is 4.64. The van der Waals surface area contributed by atoms with Crippen molar-refractivity contribution < 1.29 is 13.5 Å². The predicted molar refractivity (Wildman–Crippen MR) is 132 cm³/mol. The first-order valence-electron chi connectivity index (χ1n) is 12.1. The van der Waals surface area contributed by atoms with E-state index < -0.39 is 11.6 Å². The number of anilines is 2. The van der Waals surface area contributed by atoms with Gasteiger partial charge in [-0.15, -0.1) is 0 Å². The lowest BCUT2D eigenvalue weighted by molar-refractivity contribution is 0.287. The van der Waals surface area contributed by atoms with Crippen LogP contribution in [-0.4, -0.2) is 60.3 Å². The van der Waals surface area contributed by atoms with Gasteiger partial charge in [-0.05, 0) is 51.1 Å². The second-order valence-corrected chi connectivity index (χ2v) is 9.20. The minimum absolute atomic E-state index is 0.0691. The Kier molecular flexibility index (Phi) is 6.77. The van der Waals surface area contributed by atoms with Crippen molar-refractivity contribution in [1.29, 1.82) is 0 Å². The van der Waals surface area contributed by atoms with Gasteiger partial charge in [-0.1, -0.05) is 0 Å². The summed E-state index contributed by atoms with van der Waals surface area (Å²) in [6.45, 7) is 9.04. The number of hydrogen-bond acceptors (Lipinski definition) is 7. The molecule has 35 heavy (non-hydrogen) atoms. The van der Waals surface area contributed by atoms with E-state index in [1.165, 1.54) is 6.07 Å². The van der Waals surface area contributed by atoms with E-state index >= 15 is 0 Å². The highest BCUT2D eigenvalue weighted by atomic mass is 19.1. The SMILES string of the molecule is CC(C)N1CCOc2c(F)cc(-c3nc(Cc4ccc(N5CCCNCC5)cn4)ncc3F)cc21. The van der Waals surface area contributed by atoms with Gasteiger partial charge in [-0.2, -0.15) is 0 Å². The average Bonchev–Trinajstić information content (AvgIpc) is 3.15. The number of nitrogens with zero attached hydrogens (tertiary/aromatic N) is 5. The Bertz CT molecular complexity index is 1180. The molecule has 0 bridgehead atoms. The molecule has 4 heterocycles. The zero-order valence-electron chi connectivity index (χ0n) is 20.1. The maximum Gasteiger partial charge on any atom is 0.178 e. The third kappa shape index (κ3) is 5.05. The monoisotopic (exact) mass is 480 g/mol. The largest absolute Gasteiger partial charge is 0.486 e. The van der Waals surface area contributed by atoms with E-state index in [4.69, 9.17) is 4.74 Å². The molecular weight excluding hydrogens is 450 g/mol. The van der Waals surface area contributed by atoms with E-state index in [0.29, 0.717) is 36.6 Å². The van der Waals surface area contributed by atoms with Crippen LogP contribution in [0.1, 0.15) is 31.8 Å². The fraction of sp³-hybridized carbons (Fsp3) is 0.423. The van der Waals surface area contributed by atoms with Crippen molar-refractivity contribution in [3.63, 3.8) is 0 Å². The van der Waals surface area contributed by atoms with Gasteiger partial charge >= 0.3 is 0 Å². The van der Waals surface area contributed by atoms with Gasteiger partial charge in [-0.3, -0.25) is 4.98 Å². The fourth-order valence-corrected chi connectivity index (χ4v) is 4.64. The van der Waals surface area contributed by atoms with Gasteiger partial charge in [0.1, 0.15) is 18.1 Å². The molecule has 2 aliphatic heterocycles. The number of hydrogen-bond donors (Lipinski definition) is 1.